The highest BCUT2D eigenvalue weighted by Crippen LogP contribution is 2.14. The molecule has 0 atom stereocenters. The van der Waals surface area contributed by atoms with Gasteiger partial charge in [-0.05, 0) is 42.0 Å². The normalized spacial score (nSPS) is 10.4. The summed E-state index contributed by atoms with van der Waals surface area (Å²) in [5, 5.41) is 13.4. The number of carbonyl (C=O) groups excluding carboxylic acids is 2. The molecule has 1 aromatic heterocycles. The summed E-state index contributed by atoms with van der Waals surface area (Å²) in [6.07, 6.45) is 0. The van der Waals surface area contributed by atoms with Gasteiger partial charge in [-0.15, -0.1) is 10.2 Å². The van der Waals surface area contributed by atoms with Gasteiger partial charge in [-0.2, -0.15) is 0 Å². The van der Waals surface area contributed by atoms with E-state index in [2.05, 4.69) is 20.8 Å². The lowest BCUT2D eigenvalue weighted by Gasteiger charge is -2.03. The Kier molecular flexibility index (Phi) is 5.55. The topological polar surface area (TPSA) is 84.0 Å². The molecule has 9 heteroatoms. The lowest BCUT2D eigenvalue weighted by Crippen LogP contribution is -2.22. The zero-order valence-electron chi connectivity index (χ0n) is 13.2. The number of nitrogens with one attached hydrogen (secondary N) is 2. The van der Waals surface area contributed by atoms with Crippen LogP contribution in [-0.4, -0.2) is 22.0 Å². The summed E-state index contributed by atoms with van der Waals surface area (Å²) in [7, 11) is 0. The fourth-order valence-electron chi connectivity index (χ4n) is 1.98. The van der Waals surface area contributed by atoms with Gasteiger partial charge in [0, 0.05) is 17.3 Å². The van der Waals surface area contributed by atoms with E-state index in [1.165, 1.54) is 24.3 Å². The molecule has 6 nitrogen and oxygen atoms in total. The highest BCUT2D eigenvalue weighted by atomic mass is 35.5. The number of hydrogen-bond donors (Lipinski definition) is 2. The van der Waals surface area contributed by atoms with E-state index >= 15 is 0 Å². The quantitative estimate of drug-likeness (QED) is 0.698. The monoisotopic (exact) mass is 390 g/mol. The van der Waals surface area contributed by atoms with Gasteiger partial charge in [0.2, 0.25) is 10.0 Å². The molecule has 0 fully saturated rings. The van der Waals surface area contributed by atoms with Gasteiger partial charge in [0.25, 0.3) is 11.8 Å². The molecule has 26 heavy (non-hydrogen) atoms. The van der Waals surface area contributed by atoms with Crippen LogP contribution in [0.25, 0.3) is 0 Å². The first-order valence-electron chi connectivity index (χ1n) is 7.44. The Balaban J connectivity index is 1.59. The standard InChI is InChI=1S/C17H12ClFN4O2S/c18-11-3-1-10(2-4-11)9-20-14(24)16-22-23-17(26-16)15(25)21-13-7-5-12(19)6-8-13/h1-8H,9H2,(H,20,24)(H,21,25). The number of aromatic nitrogens is 2. The number of benzene rings is 2. The van der Waals surface area contributed by atoms with Crippen LogP contribution >= 0.6 is 22.9 Å². The second-order valence-corrected chi connectivity index (χ2v) is 6.60. The Morgan fingerprint density at radius 2 is 1.58 bits per heavy atom. The first-order chi connectivity index (χ1) is 12.5. The minimum atomic E-state index is -0.522. The maximum atomic E-state index is 12.9. The number of halogens is 2. The van der Waals surface area contributed by atoms with Crippen molar-refractivity contribution in [2.24, 2.45) is 0 Å². The number of rotatable bonds is 5. The maximum Gasteiger partial charge on any atom is 0.286 e. The molecule has 0 saturated heterocycles. The second kappa shape index (κ2) is 8.03. The minimum absolute atomic E-state index is 0.0333. The number of carbonyl (C=O) groups is 2. The summed E-state index contributed by atoms with van der Waals surface area (Å²) < 4.78 is 12.9. The van der Waals surface area contributed by atoms with Gasteiger partial charge in [0.1, 0.15) is 5.82 Å². The predicted octanol–water partition coefficient (Wildman–Crippen LogP) is 3.51. The molecule has 0 bridgehead atoms. The highest BCUT2D eigenvalue weighted by Gasteiger charge is 2.17. The third-order valence-corrected chi connectivity index (χ3v) is 4.45. The smallest absolute Gasteiger partial charge is 0.286 e. The summed E-state index contributed by atoms with van der Waals surface area (Å²) in [4.78, 5) is 24.2. The first kappa shape index (κ1) is 18.0. The molecule has 2 aromatic carbocycles. The molecule has 0 aliphatic heterocycles. The largest absolute Gasteiger partial charge is 0.346 e. The van der Waals surface area contributed by atoms with Crippen molar-refractivity contribution in [3.63, 3.8) is 0 Å². The lowest BCUT2D eigenvalue weighted by molar-refractivity contribution is 0.0948. The van der Waals surface area contributed by atoms with Crippen molar-refractivity contribution in [1.29, 1.82) is 0 Å². The average Bonchev–Trinajstić information content (AvgIpc) is 3.13. The van der Waals surface area contributed by atoms with Gasteiger partial charge in [-0.3, -0.25) is 9.59 Å². The lowest BCUT2D eigenvalue weighted by atomic mass is 10.2. The van der Waals surface area contributed by atoms with E-state index in [1.54, 1.807) is 24.3 Å². The Morgan fingerprint density at radius 3 is 2.23 bits per heavy atom. The first-order valence-corrected chi connectivity index (χ1v) is 8.64. The van der Waals surface area contributed by atoms with E-state index in [1.807, 2.05) is 0 Å². The van der Waals surface area contributed by atoms with Crippen molar-refractivity contribution in [2.75, 3.05) is 5.32 Å². The van der Waals surface area contributed by atoms with E-state index in [4.69, 9.17) is 11.6 Å². The molecule has 2 N–H and O–H groups in total. The van der Waals surface area contributed by atoms with Gasteiger partial charge in [0.15, 0.2) is 0 Å². The van der Waals surface area contributed by atoms with E-state index < -0.39 is 17.6 Å². The third-order valence-electron chi connectivity index (χ3n) is 3.28. The molecule has 3 aromatic rings. The SMILES string of the molecule is O=C(NCc1ccc(Cl)cc1)c1nnc(C(=O)Nc2ccc(F)cc2)s1. The summed E-state index contributed by atoms with van der Waals surface area (Å²) in [6, 6.07) is 12.4. The molecule has 0 radical (unpaired) electrons. The molecule has 3 rings (SSSR count). The van der Waals surface area contributed by atoms with Crippen molar-refractivity contribution >= 4 is 40.4 Å². The summed E-state index contributed by atoms with van der Waals surface area (Å²) >= 11 is 6.68. The average molecular weight is 391 g/mol. The number of hydrogen-bond acceptors (Lipinski definition) is 5. The highest BCUT2D eigenvalue weighted by molar-refractivity contribution is 7.15. The maximum absolute atomic E-state index is 12.9. The minimum Gasteiger partial charge on any atom is -0.346 e. The van der Waals surface area contributed by atoms with E-state index in [-0.39, 0.29) is 10.0 Å². The molecule has 132 valence electrons. The number of amides is 2. The van der Waals surface area contributed by atoms with Crippen LogP contribution in [-0.2, 0) is 6.54 Å². The van der Waals surface area contributed by atoms with Gasteiger partial charge >= 0.3 is 0 Å². The van der Waals surface area contributed by atoms with Crippen LogP contribution in [0.2, 0.25) is 5.02 Å². The molecule has 0 aliphatic rings. The van der Waals surface area contributed by atoms with Gasteiger partial charge in [-0.1, -0.05) is 35.1 Å². The van der Waals surface area contributed by atoms with Crippen molar-refractivity contribution in [3.05, 3.63) is 74.9 Å². The Morgan fingerprint density at radius 1 is 0.962 bits per heavy atom. The van der Waals surface area contributed by atoms with Crippen molar-refractivity contribution < 1.29 is 14.0 Å². The van der Waals surface area contributed by atoms with E-state index in [0.717, 1.165) is 16.9 Å². The molecular weight excluding hydrogens is 379 g/mol. The fraction of sp³-hybridized carbons (Fsp3) is 0.0588. The molecule has 0 saturated carbocycles. The Bertz CT molecular complexity index is 929. The van der Waals surface area contributed by atoms with Crippen molar-refractivity contribution in [2.45, 2.75) is 6.54 Å². The Hall–Kier alpha value is -2.84. The van der Waals surface area contributed by atoms with Crippen LogP contribution in [0.4, 0.5) is 10.1 Å². The zero-order chi connectivity index (χ0) is 18.5. The van der Waals surface area contributed by atoms with Gasteiger partial charge < -0.3 is 10.6 Å². The van der Waals surface area contributed by atoms with Crippen LogP contribution in [0, 0.1) is 5.82 Å². The molecule has 2 amide bonds. The van der Waals surface area contributed by atoms with Crippen LogP contribution in [0.5, 0.6) is 0 Å². The van der Waals surface area contributed by atoms with E-state index in [0.29, 0.717) is 17.3 Å². The molecule has 0 unspecified atom stereocenters. The molecule has 0 spiro atoms. The van der Waals surface area contributed by atoms with E-state index in [9.17, 15) is 14.0 Å². The second-order valence-electron chi connectivity index (χ2n) is 5.18. The van der Waals surface area contributed by atoms with Crippen molar-refractivity contribution in [3.8, 4) is 0 Å². The summed E-state index contributed by atoms with van der Waals surface area (Å²) in [5.41, 5.74) is 1.29. The molecule has 0 aliphatic carbocycles. The Labute approximate surface area is 157 Å². The third kappa shape index (κ3) is 4.62. The van der Waals surface area contributed by atoms with Crippen LogP contribution in [0.3, 0.4) is 0 Å². The van der Waals surface area contributed by atoms with Crippen LogP contribution in [0.15, 0.2) is 48.5 Å². The number of anilines is 1. The van der Waals surface area contributed by atoms with Crippen LogP contribution in [0.1, 0.15) is 25.2 Å². The number of nitrogens with zero attached hydrogens (tertiary/aromatic N) is 2. The zero-order valence-corrected chi connectivity index (χ0v) is 14.8. The fourth-order valence-corrected chi connectivity index (χ4v) is 2.77. The molecular formula is C17H12ClFN4O2S. The molecule has 1 heterocycles. The van der Waals surface area contributed by atoms with Crippen LogP contribution < -0.4 is 10.6 Å². The summed E-state index contributed by atoms with van der Waals surface area (Å²) in [5.74, 6) is -1.36. The van der Waals surface area contributed by atoms with Gasteiger partial charge in [-0.25, -0.2) is 4.39 Å². The van der Waals surface area contributed by atoms with Gasteiger partial charge in [0.05, 0.1) is 0 Å². The summed E-state index contributed by atoms with van der Waals surface area (Å²) in [6.45, 7) is 0.298. The predicted molar refractivity (Wildman–Crippen MR) is 96.9 cm³/mol. The van der Waals surface area contributed by atoms with Crippen molar-refractivity contribution in [1.82, 2.24) is 15.5 Å².